The Bertz CT molecular complexity index is 595. The smallest absolute Gasteiger partial charge is 0.121 e. The van der Waals surface area contributed by atoms with Crippen LogP contribution in [0.5, 0.6) is 5.75 Å². The molecule has 2 aromatic carbocycles. The lowest BCUT2D eigenvalue weighted by molar-refractivity contribution is 0.465. The zero-order chi connectivity index (χ0) is 14.0. The van der Waals surface area contributed by atoms with Gasteiger partial charge in [-0.3, -0.25) is 0 Å². The molecule has 19 heavy (non-hydrogen) atoms. The Balaban J connectivity index is 2.25. The maximum Gasteiger partial charge on any atom is 0.121 e. The predicted molar refractivity (Wildman–Crippen MR) is 81.1 cm³/mol. The topological polar surface area (TPSA) is 32.3 Å². The Kier molecular flexibility index (Phi) is 4.01. The highest BCUT2D eigenvalue weighted by atomic mass is 35.5. The Morgan fingerprint density at radius 1 is 1.11 bits per heavy atom. The molecular formula is C16H18ClNO. The predicted octanol–water partition coefficient (Wildman–Crippen LogP) is 4.84. The monoisotopic (exact) mass is 275 g/mol. The number of anilines is 1. The summed E-state index contributed by atoms with van der Waals surface area (Å²) in [4.78, 5) is 0. The summed E-state index contributed by atoms with van der Waals surface area (Å²) in [6.07, 6.45) is 0. The summed E-state index contributed by atoms with van der Waals surface area (Å²) in [6.45, 7) is 6.01. The lowest BCUT2D eigenvalue weighted by Gasteiger charge is -2.19. The van der Waals surface area contributed by atoms with Crippen LogP contribution in [0, 0.1) is 13.8 Å². The van der Waals surface area contributed by atoms with E-state index in [1.165, 1.54) is 0 Å². The molecule has 0 aliphatic rings. The van der Waals surface area contributed by atoms with E-state index in [4.69, 9.17) is 11.6 Å². The molecule has 0 bridgehead atoms. The molecule has 0 heterocycles. The second kappa shape index (κ2) is 5.54. The van der Waals surface area contributed by atoms with Crippen molar-refractivity contribution in [1.82, 2.24) is 0 Å². The maximum atomic E-state index is 10.00. The minimum Gasteiger partial charge on any atom is -0.508 e. The van der Waals surface area contributed by atoms with E-state index in [9.17, 15) is 5.11 Å². The highest BCUT2D eigenvalue weighted by Gasteiger charge is 2.11. The molecule has 0 fully saturated rings. The zero-order valence-corrected chi connectivity index (χ0v) is 12.1. The maximum absolute atomic E-state index is 10.00. The van der Waals surface area contributed by atoms with E-state index in [0.717, 1.165) is 22.4 Å². The van der Waals surface area contributed by atoms with Gasteiger partial charge in [-0.05, 0) is 50.1 Å². The third-order valence-corrected chi connectivity index (χ3v) is 3.46. The van der Waals surface area contributed by atoms with E-state index in [-0.39, 0.29) is 6.04 Å². The summed E-state index contributed by atoms with van der Waals surface area (Å²) in [5.74, 6) is 0.319. The quantitative estimate of drug-likeness (QED) is 0.840. The lowest BCUT2D eigenvalue weighted by Crippen LogP contribution is -2.08. The number of halogens is 1. The third kappa shape index (κ3) is 3.21. The van der Waals surface area contributed by atoms with Gasteiger partial charge in [-0.1, -0.05) is 29.8 Å². The minimum atomic E-state index is 0.0118. The number of hydrogen-bond acceptors (Lipinski definition) is 2. The van der Waals surface area contributed by atoms with E-state index in [1.54, 1.807) is 6.07 Å². The van der Waals surface area contributed by atoms with Crippen molar-refractivity contribution in [3.05, 3.63) is 58.1 Å². The first-order valence-electron chi connectivity index (χ1n) is 6.29. The first-order valence-corrected chi connectivity index (χ1v) is 6.67. The van der Waals surface area contributed by atoms with E-state index in [0.29, 0.717) is 10.8 Å². The van der Waals surface area contributed by atoms with Crippen molar-refractivity contribution in [2.75, 3.05) is 5.32 Å². The lowest BCUT2D eigenvalue weighted by atomic mass is 10.0. The number of nitrogens with one attached hydrogen (secondary N) is 1. The minimum absolute atomic E-state index is 0.0118. The van der Waals surface area contributed by atoms with E-state index in [1.807, 2.05) is 51.1 Å². The van der Waals surface area contributed by atoms with Gasteiger partial charge < -0.3 is 10.4 Å². The molecule has 0 radical (unpaired) electrons. The molecule has 0 amide bonds. The average molecular weight is 276 g/mol. The molecule has 0 aliphatic heterocycles. The summed E-state index contributed by atoms with van der Waals surface area (Å²) in [5.41, 5.74) is 4.04. The molecule has 1 atom stereocenters. The molecule has 0 aliphatic carbocycles. The Labute approximate surface area is 119 Å². The first-order chi connectivity index (χ1) is 8.97. The van der Waals surface area contributed by atoms with Crippen molar-refractivity contribution in [3.63, 3.8) is 0 Å². The second-order valence-electron chi connectivity index (χ2n) is 4.89. The fourth-order valence-electron chi connectivity index (χ4n) is 2.08. The summed E-state index contributed by atoms with van der Waals surface area (Å²) in [7, 11) is 0. The Morgan fingerprint density at radius 2 is 1.84 bits per heavy atom. The number of benzene rings is 2. The van der Waals surface area contributed by atoms with Crippen molar-refractivity contribution in [2.24, 2.45) is 0 Å². The number of hydrogen-bond donors (Lipinski definition) is 2. The largest absolute Gasteiger partial charge is 0.508 e. The van der Waals surface area contributed by atoms with Crippen LogP contribution in [0.25, 0.3) is 0 Å². The number of aryl methyl sites for hydroxylation is 2. The van der Waals surface area contributed by atoms with Gasteiger partial charge in [-0.2, -0.15) is 0 Å². The van der Waals surface area contributed by atoms with Gasteiger partial charge in [0, 0.05) is 16.3 Å². The summed E-state index contributed by atoms with van der Waals surface area (Å²) in [6, 6.07) is 11.5. The van der Waals surface area contributed by atoms with Gasteiger partial charge in [-0.25, -0.2) is 0 Å². The van der Waals surface area contributed by atoms with Crippen molar-refractivity contribution < 1.29 is 5.11 Å². The molecule has 3 heteroatoms. The van der Waals surface area contributed by atoms with Gasteiger partial charge in [0.1, 0.15) is 5.75 Å². The summed E-state index contributed by atoms with van der Waals surface area (Å²) >= 11 is 6.01. The van der Waals surface area contributed by atoms with Crippen molar-refractivity contribution >= 4 is 17.3 Å². The van der Waals surface area contributed by atoms with Crippen LogP contribution in [0.2, 0.25) is 5.02 Å². The summed E-state index contributed by atoms with van der Waals surface area (Å²) in [5, 5.41) is 14.1. The third-order valence-electron chi connectivity index (χ3n) is 3.22. The highest BCUT2D eigenvalue weighted by molar-refractivity contribution is 6.30. The molecule has 0 saturated carbocycles. The van der Waals surface area contributed by atoms with Crippen LogP contribution < -0.4 is 5.32 Å². The van der Waals surface area contributed by atoms with Crippen LogP contribution in [0.3, 0.4) is 0 Å². The Morgan fingerprint density at radius 3 is 2.53 bits per heavy atom. The first kappa shape index (κ1) is 13.8. The van der Waals surface area contributed by atoms with Crippen LogP contribution in [-0.4, -0.2) is 5.11 Å². The fraction of sp³-hybridized carbons (Fsp3) is 0.250. The summed E-state index contributed by atoms with van der Waals surface area (Å²) < 4.78 is 0. The van der Waals surface area contributed by atoms with Crippen LogP contribution in [0.15, 0.2) is 36.4 Å². The van der Waals surface area contributed by atoms with Crippen molar-refractivity contribution in [3.8, 4) is 5.75 Å². The van der Waals surface area contributed by atoms with E-state index >= 15 is 0 Å². The average Bonchev–Trinajstić information content (AvgIpc) is 2.33. The van der Waals surface area contributed by atoms with E-state index in [2.05, 4.69) is 5.32 Å². The van der Waals surface area contributed by atoms with Gasteiger partial charge in [-0.15, -0.1) is 0 Å². The van der Waals surface area contributed by atoms with Gasteiger partial charge in [0.15, 0.2) is 0 Å². The Hall–Kier alpha value is -1.67. The van der Waals surface area contributed by atoms with Crippen LogP contribution in [0.1, 0.15) is 29.7 Å². The van der Waals surface area contributed by atoms with Gasteiger partial charge in [0.05, 0.1) is 6.04 Å². The standard InChI is InChI=1S/C16H18ClNO/c1-10-4-7-14(16(19)8-10)12(3)18-15-9-13(17)6-5-11(15)2/h4-9,12,18-19H,1-3H3. The van der Waals surface area contributed by atoms with E-state index < -0.39 is 0 Å². The van der Waals surface area contributed by atoms with Crippen molar-refractivity contribution in [2.45, 2.75) is 26.8 Å². The van der Waals surface area contributed by atoms with Crippen LogP contribution in [0.4, 0.5) is 5.69 Å². The van der Waals surface area contributed by atoms with Crippen molar-refractivity contribution in [1.29, 1.82) is 0 Å². The number of rotatable bonds is 3. The van der Waals surface area contributed by atoms with Gasteiger partial charge >= 0.3 is 0 Å². The zero-order valence-electron chi connectivity index (χ0n) is 11.4. The molecule has 100 valence electrons. The second-order valence-corrected chi connectivity index (χ2v) is 5.32. The molecule has 2 nitrogen and oxygen atoms in total. The normalized spacial score (nSPS) is 12.2. The molecular weight excluding hydrogens is 258 g/mol. The number of aromatic hydroxyl groups is 1. The van der Waals surface area contributed by atoms with Crippen LogP contribution in [-0.2, 0) is 0 Å². The molecule has 0 saturated heterocycles. The molecule has 2 aromatic rings. The molecule has 0 aromatic heterocycles. The SMILES string of the molecule is Cc1ccc(C(C)Nc2cc(Cl)ccc2C)c(O)c1. The fourth-order valence-corrected chi connectivity index (χ4v) is 2.25. The number of phenols is 1. The molecule has 0 spiro atoms. The van der Waals surface area contributed by atoms with Crippen LogP contribution >= 0.6 is 11.6 Å². The van der Waals surface area contributed by atoms with Gasteiger partial charge in [0.25, 0.3) is 0 Å². The molecule has 1 unspecified atom stereocenters. The highest BCUT2D eigenvalue weighted by Crippen LogP contribution is 2.29. The molecule has 2 rings (SSSR count). The number of phenolic OH excluding ortho intramolecular Hbond substituents is 1. The molecule has 2 N–H and O–H groups in total. The van der Waals surface area contributed by atoms with Gasteiger partial charge in [0.2, 0.25) is 0 Å².